The predicted octanol–water partition coefficient (Wildman–Crippen LogP) is 1.52. The summed E-state index contributed by atoms with van der Waals surface area (Å²) in [4.78, 5) is 11.3. The quantitative estimate of drug-likeness (QED) is 0.817. The van der Waals surface area contributed by atoms with Crippen molar-refractivity contribution in [2.75, 3.05) is 20.8 Å². The van der Waals surface area contributed by atoms with Crippen LogP contribution in [0.15, 0.2) is 18.2 Å². The van der Waals surface area contributed by atoms with Gasteiger partial charge in [0.05, 0.1) is 14.2 Å². The summed E-state index contributed by atoms with van der Waals surface area (Å²) < 4.78 is 10.4. The molecule has 17 heavy (non-hydrogen) atoms. The Labute approximate surface area is 101 Å². The maximum absolute atomic E-state index is 11.3. The minimum Gasteiger partial charge on any atom is -0.493 e. The fraction of sp³-hybridized carbons (Fsp3) is 0.417. The monoisotopic (exact) mass is 238 g/mol. The number of carbonyl (C=O) groups excluding carboxylic acids is 1. The normalized spacial score (nSPS) is 9.59. The van der Waals surface area contributed by atoms with E-state index < -0.39 is 0 Å². The molecule has 1 aromatic carbocycles. The van der Waals surface area contributed by atoms with Crippen molar-refractivity contribution in [3.05, 3.63) is 23.8 Å². The fourth-order valence-corrected chi connectivity index (χ4v) is 1.49. The van der Waals surface area contributed by atoms with Crippen molar-refractivity contribution in [1.82, 2.24) is 10.6 Å². The van der Waals surface area contributed by atoms with Crippen LogP contribution in [0.2, 0.25) is 0 Å². The third-order valence-electron chi connectivity index (χ3n) is 2.26. The van der Waals surface area contributed by atoms with Gasteiger partial charge in [-0.25, -0.2) is 4.79 Å². The standard InChI is InChI=1S/C12H18N2O3/c1-4-13-12(15)14-8-9-6-5-7-10(16-2)11(9)17-3/h5-7H,4,8H2,1-3H3,(H2,13,14,15). The smallest absolute Gasteiger partial charge is 0.315 e. The number of amides is 2. The van der Waals surface area contributed by atoms with Gasteiger partial charge in [0.15, 0.2) is 11.5 Å². The lowest BCUT2D eigenvalue weighted by atomic mass is 10.2. The van der Waals surface area contributed by atoms with Gasteiger partial charge >= 0.3 is 6.03 Å². The third-order valence-corrected chi connectivity index (χ3v) is 2.26. The Balaban J connectivity index is 2.73. The number of nitrogens with one attached hydrogen (secondary N) is 2. The van der Waals surface area contributed by atoms with Crippen molar-refractivity contribution in [2.45, 2.75) is 13.5 Å². The number of para-hydroxylation sites is 1. The molecule has 0 radical (unpaired) electrons. The van der Waals surface area contributed by atoms with Gasteiger partial charge in [-0.1, -0.05) is 12.1 Å². The zero-order chi connectivity index (χ0) is 12.7. The molecule has 0 spiro atoms. The van der Waals surface area contributed by atoms with Crippen molar-refractivity contribution in [2.24, 2.45) is 0 Å². The first-order valence-electron chi connectivity index (χ1n) is 5.44. The maximum Gasteiger partial charge on any atom is 0.315 e. The van der Waals surface area contributed by atoms with Crippen LogP contribution >= 0.6 is 0 Å². The van der Waals surface area contributed by atoms with E-state index in [4.69, 9.17) is 9.47 Å². The Morgan fingerprint density at radius 3 is 2.59 bits per heavy atom. The number of benzene rings is 1. The van der Waals surface area contributed by atoms with Crippen LogP contribution in [0.25, 0.3) is 0 Å². The van der Waals surface area contributed by atoms with Crippen LogP contribution in [0.3, 0.4) is 0 Å². The van der Waals surface area contributed by atoms with E-state index in [0.717, 1.165) is 5.56 Å². The van der Waals surface area contributed by atoms with Crippen molar-refractivity contribution >= 4 is 6.03 Å². The number of ether oxygens (including phenoxy) is 2. The van der Waals surface area contributed by atoms with E-state index in [9.17, 15) is 4.79 Å². The van der Waals surface area contributed by atoms with E-state index in [2.05, 4.69) is 10.6 Å². The van der Waals surface area contributed by atoms with Crippen LogP contribution in [-0.4, -0.2) is 26.8 Å². The molecule has 2 amide bonds. The molecule has 0 aliphatic carbocycles. The van der Waals surface area contributed by atoms with E-state index in [0.29, 0.717) is 24.6 Å². The van der Waals surface area contributed by atoms with Crippen LogP contribution in [-0.2, 0) is 6.54 Å². The summed E-state index contributed by atoms with van der Waals surface area (Å²) in [6.45, 7) is 2.86. The molecule has 0 saturated heterocycles. The summed E-state index contributed by atoms with van der Waals surface area (Å²) in [5.41, 5.74) is 0.873. The molecule has 0 atom stereocenters. The van der Waals surface area contributed by atoms with Gasteiger partial charge in [0, 0.05) is 18.7 Å². The average molecular weight is 238 g/mol. The van der Waals surface area contributed by atoms with Crippen LogP contribution < -0.4 is 20.1 Å². The van der Waals surface area contributed by atoms with E-state index in [1.54, 1.807) is 14.2 Å². The van der Waals surface area contributed by atoms with E-state index in [1.165, 1.54) is 0 Å². The molecule has 0 aromatic heterocycles. The molecule has 0 bridgehead atoms. The lowest BCUT2D eigenvalue weighted by Crippen LogP contribution is -2.34. The number of carbonyl (C=O) groups is 1. The molecule has 1 rings (SSSR count). The molecule has 5 heteroatoms. The fourth-order valence-electron chi connectivity index (χ4n) is 1.49. The molecular formula is C12H18N2O3. The van der Waals surface area contributed by atoms with Gasteiger partial charge in [-0.05, 0) is 13.0 Å². The summed E-state index contributed by atoms with van der Waals surface area (Å²) >= 11 is 0. The Morgan fingerprint density at radius 2 is 2.00 bits per heavy atom. The van der Waals surface area contributed by atoms with Crippen molar-refractivity contribution in [1.29, 1.82) is 0 Å². The summed E-state index contributed by atoms with van der Waals surface area (Å²) in [7, 11) is 3.16. The first-order chi connectivity index (χ1) is 8.22. The van der Waals surface area contributed by atoms with E-state index in [1.807, 2.05) is 25.1 Å². The SMILES string of the molecule is CCNC(=O)NCc1cccc(OC)c1OC. The lowest BCUT2D eigenvalue weighted by Gasteiger charge is -2.13. The van der Waals surface area contributed by atoms with Gasteiger partial charge in [0.2, 0.25) is 0 Å². The van der Waals surface area contributed by atoms with Crippen molar-refractivity contribution < 1.29 is 14.3 Å². The summed E-state index contributed by atoms with van der Waals surface area (Å²) in [6, 6.07) is 5.36. The second-order valence-electron chi connectivity index (χ2n) is 3.37. The van der Waals surface area contributed by atoms with Gasteiger partial charge in [-0.15, -0.1) is 0 Å². The molecule has 2 N–H and O–H groups in total. The average Bonchev–Trinajstić information content (AvgIpc) is 2.36. The van der Waals surface area contributed by atoms with Gasteiger partial charge in [0.1, 0.15) is 0 Å². The molecule has 0 aliphatic rings. The molecule has 0 saturated carbocycles. The molecular weight excluding hydrogens is 220 g/mol. The molecule has 0 heterocycles. The zero-order valence-corrected chi connectivity index (χ0v) is 10.4. The molecule has 1 aromatic rings. The summed E-state index contributed by atoms with van der Waals surface area (Å²) in [5, 5.41) is 5.40. The van der Waals surface area contributed by atoms with Gasteiger partial charge < -0.3 is 20.1 Å². The maximum atomic E-state index is 11.3. The van der Waals surface area contributed by atoms with Crippen molar-refractivity contribution in [3.63, 3.8) is 0 Å². The number of methoxy groups -OCH3 is 2. The lowest BCUT2D eigenvalue weighted by molar-refractivity contribution is 0.241. The van der Waals surface area contributed by atoms with Crippen LogP contribution in [0.4, 0.5) is 4.79 Å². The van der Waals surface area contributed by atoms with Crippen LogP contribution in [0.5, 0.6) is 11.5 Å². The van der Waals surface area contributed by atoms with Gasteiger partial charge in [-0.2, -0.15) is 0 Å². The number of hydrogen-bond acceptors (Lipinski definition) is 3. The predicted molar refractivity (Wildman–Crippen MR) is 65.5 cm³/mol. The minimum atomic E-state index is -0.197. The van der Waals surface area contributed by atoms with E-state index >= 15 is 0 Å². The second kappa shape index (κ2) is 6.62. The number of hydrogen-bond donors (Lipinski definition) is 2. The third kappa shape index (κ3) is 3.55. The van der Waals surface area contributed by atoms with Crippen molar-refractivity contribution in [3.8, 4) is 11.5 Å². The first kappa shape index (κ1) is 13.2. The second-order valence-corrected chi connectivity index (χ2v) is 3.37. The topological polar surface area (TPSA) is 59.6 Å². The highest BCUT2D eigenvalue weighted by atomic mass is 16.5. The highest BCUT2D eigenvalue weighted by Gasteiger charge is 2.09. The Morgan fingerprint density at radius 1 is 1.24 bits per heavy atom. The molecule has 0 fully saturated rings. The van der Waals surface area contributed by atoms with Gasteiger partial charge in [-0.3, -0.25) is 0 Å². The minimum absolute atomic E-state index is 0.197. The van der Waals surface area contributed by atoms with Gasteiger partial charge in [0.25, 0.3) is 0 Å². The van der Waals surface area contributed by atoms with E-state index in [-0.39, 0.29) is 6.03 Å². The van der Waals surface area contributed by atoms with Crippen LogP contribution in [0.1, 0.15) is 12.5 Å². The largest absolute Gasteiger partial charge is 0.493 e. The molecule has 5 nitrogen and oxygen atoms in total. The molecule has 94 valence electrons. The summed E-state index contributed by atoms with van der Waals surface area (Å²) in [5.74, 6) is 1.30. The Kier molecular flexibility index (Phi) is 5.13. The summed E-state index contributed by atoms with van der Waals surface area (Å²) in [6.07, 6.45) is 0. The molecule has 0 aliphatic heterocycles. The Hall–Kier alpha value is -1.91. The zero-order valence-electron chi connectivity index (χ0n) is 10.4. The Bertz CT molecular complexity index is 380. The first-order valence-corrected chi connectivity index (χ1v) is 5.44. The number of rotatable bonds is 5. The highest BCUT2D eigenvalue weighted by Crippen LogP contribution is 2.30. The van der Waals surface area contributed by atoms with Crippen LogP contribution in [0, 0.1) is 0 Å². The molecule has 0 unspecified atom stereocenters. The highest BCUT2D eigenvalue weighted by molar-refractivity contribution is 5.73. The number of urea groups is 1.